The number of aldehydes is 1. The lowest BCUT2D eigenvalue weighted by molar-refractivity contribution is 0.112. The van der Waals surface area contributed by atoms with Crippen LogP contribution < -0.4 is 5.48 Å². The van der Waals surface area contributed by atoms with Gasteiger partial charge in [0.15, 0.2) is 6.29 Å². The van der Waals surface area contributed by atoms with Crippen LogP contribution in [0.2, 0.25) is 0 Å². The third kappa shape index (κ3) is 3.53. The summed E-state index contributed by atoms with van der Waals surface area (Å²) in [4.78, 5) is 12.1. The minimum atomic E-state index is 0.687. The van der Waals surface area contributed by atoms with Crippen molar-refractivity contribution in [3.05, 3.63) is 52.9 Å². The van der Waals surface area contributed by atoms with Crippen molar-refractivity contribution in [2.24, 2.45) is 0 Å². The standard InChI is InChI=1S/C11H11NO2S/c1-9(4-2-3-7-12-14)11-6-5-10(8-13)15-11/h2-8,12,14H,1H2/b4-2-,7-3+. The van der Waals surface area contributed by atoms with E-state index < -0.39 is 0 Å². The molecule has 2 N–H and O–H groups in total. The van der Waals surface area contributed by atoms with E-state index in [9.17, 15) is 4.79 Å². The van der Waals surface area contributed by atoms with Crippen LogP contribution in [0.5, 0.6) is 0 Å². The van der Waals surface area contributed by atoms with Crippen LogP contribution in [0.25, 0.3) is 5.57 Å². The van der Waals surface area contributed by atoms with Crippen molar-refractivity contribution in [1.82, 2.24) is 5.48 Å². The molecule has 1 aromatic heterocycles. The average Bonchev–Trinajstić information content (AvgIpc) is 2.72. The Hall–Kier alpha value is -1.65. The fraction of sp³-hybridized carbons (Fsp3) is 0. The van der Waals surface area contributed by atoms with Crippen LogP contribution in [0.15, 0.2) is 43.1 Å². The van der Waals surface area contributed by atoms with Crippen LogP contribution in [0.3, 0.4) is 0 Å². The number of nitrogens with one attached hydrogen (secondary N) is 1. The van der Waals surface area contributed by atoms with Crippen molar-refractivity contribution < 1.29 is 10.0 Å². The maximum Gasteiger partial charge on any atom is 0.160 e. The van der Waals surface area contributed by atoms with Gasteiger partial charge in [0.2, 0.25) is 0 Å². The summed E-state index contributed by atoms with van der Waals surface area (Å²) in [6.45, 7) is 3.86. The van der Waals surface area contributed by atoms with E-state index in [4.69, 9.17) is 5.21 Å². The molecule has 0 aliphatic carbocycles. The molecule has 4 heteroatoms. The summed E-state index contributed by atoms with van der Waals surface area (Å²) in [5.41, 5.74) is 2.72. The van der Waals surface area contributed by atoms with Gasteiger partial charge in [-0.1, -0.05) is 18.7 Å². The van der Waals surface area contributed by atoms with E-state index in [2.05, 4.69) is 6.58 Å². The molecule has 0 aliphatic heterocycles. The highest BCUT2D eigenvalue weighted by molar-refractivity contribution is 7.14. The molecule has 0 radical (unpaired) electrons. The van der Waals surface area contributed by atoms with E-state index in [1.54, 1.807) is 24.3 Å². The number of hydrogen-bond acceptors (Lipinski definition) is 4. The van der Waals surface area contributed by atoms with E-state index in [1.807, 2.05) is 11.5 Å². The summed E-state index contributed by atoms with van der Waals surface area (Å²) in [6.07, 6.45) is 7.38. The Bertz CT molecular complexity index is 404. The Morgan fingerprint density at radius 2 is 2.27 bits per heavy atom. The first-order valence-corrected chi connectivity index (χ1v) is 5.06. The molecule has 15 heavy (non-hydrogen) atoms. The summed E-state index contributed by atoms with van der Waals surface area (Å²) < 4.78 is 0. The van der Waals surface area contributed by atoms with E-state index in [1.165, 1.54) is 17.5 Å². The second-order valence-corrected chi connectivity index (χ2v) is 3.81. The van der Waals surface area contributed by atoms with E-state index in [0.717, 1.165) is 16.7 Å². The molecule has 1 aromatic rings. The third-order valence-corrected chi connectivity index (χ3v) is 2.72. The van der Waals surface area contributed by atoms with Gasteiger partial charge in [0.25, 0.3) is 0 Å². The second-order valence-electron chi connectivity index (χ2n) is 2.69. The van der Waals surface area contributed by atoms with Gasteiger partial charge in [-0.05, 0) is 23.8 Å². The summed E-state index contributed by atoms with van der Waals surface area (Å²) in [5.74, 6) is 0. The summed E-state index contributed by atoms with van der Waals surface area (Å²) in [5, 5.41) is 8.25. The highest BCUT2D eigenvalue weighted by Gasteiger charge is 1.99. The maximum absolute atomic E-state index is 10.5. The Kier molecular flexibility index (Phi) is 4.53. The van der Waals surface area contributed by atoms with Crippen LogP contribution >= 0.6 is 11.3 Å². The monoisotopic (exact) mass is 221 g/mol. The molecule has 0 bridgehead atoms. The highest BCUT2D eigenvalue weighted by atomic mass is 32.1. The number of carbonyl (C=O) groups excluding carboxylic acids is 1. The lowest BCUT2D eigenvalue weighted by Gasteiger charge is -1.92. The van der Waals surface area contributed by atoms with Gasteiger partial charge in [-0.2, -0.15) is 0 Å². The zero-order valence-electron chi connectivity index (χ0n) is 8.01. The third-order valence-electron chi connectivity index (χ3n) is 1.64. The molecule has 3 nitrogen and oxygen atoms in total. The van der Waals surface area contributed by atoms with Crippen LogP contribution in [-0.2, 0) is 0 Å². The Morgan fingerprint density at radius 3 is 2.87 bits per heavy atom. The first-order chi connectivity index (χ1) is 7.27. The summed E-state index contributed by atoms with van der Waals surface area (Å²) in [7, 11) is 0. The molecule has 0 saturated carbocycles. The Morgan fingerprint density at radius 1 is 1.47 bits per heavy atom. The summed E-state index contributed by atoms with van der Waals surface area (Å²) in [6, 6.07) is 3.62. The van der Waals surface area contributed by atoms with Crippen molar-refractivity contribution in [1.29, 1.82) is 0 Å². The Balaban J connectivity index is 2.64. The zero-order chi connectivity index (χ0) is 11.1. The molecule has 0 saturated heterocycles. The molecule has 0 atom stereocenters. The fourth-order valence-corrected chi connectivity index (χ4v) is 1.71. The quantitative estimate of drug-likeness (QED) is 0.456. The predicted octanol–water partition coefficient (Wildman–Crippen LogP) is 2.62. The number of hydroxylamine groups is 1. The van der Waals surface area contributed by atoms with E-state index in [0.29, 0.717) is 4.88 Å². The molecule has 0 amide bonds. The van der Waals surface area contributed by atoms with Gasteiger partial charge in [-0.3, -0.25) is 15.5 Å². The maximum atomic E-state index is 10.5. The van der Waals surface area contributed by atoms with Gasteiger partial charge in [-0.25, -0.2) is 0 Å². The second kappa shape index (κ2) is 5.95. The van der Waals surface area contributed by atoms with E-state index in [-0.39, 0.29) is 0 Å². The van der Waals surface area contributed by atoms with Gasteiger partial charge in [0, 0.05) is 11.1 Å². The minimum absolute atomic E-state index is 0.687. The summed E-state index contributed by atoms with van der Waals surface area (Å²) >= 11 is 1.40. The normalized spacial score (nSPS) is 11.0. The largest absolute Gasteiger partial charge is 0.297 e. The first-order valence-electron chi connectivity index (χ1n) is 4.25. The van der Waals surface area contributed by atoms with Gasteiger partial charge in [0.05, 0.1) is 4.88 Å². The molecule has 1 heterocycles. The lowest BCUT2D eigenvalue weighted by Crippen LogP contribution is -1.91. The van der Waals surface area contributed by atoms with Crippen molar-refractivity contribution in [2.45, 2.75) is 0 Å². The first kappa shape index (κ1) is 11.4. The van der Waals surface area contributed by atoms with Crippen molar-refractivity contribution >= 4 is 23.2 Å². The van der Waals surface area contributed by atoms with Gasteiger partial charge < -0.3 is 0 Å². The van der Waals surface area contributed by atoms with Gasteiger partial charge in [-0.15, -0.1) is 11.3 Å². The fourth-order valence-electron chi connectivity index (χ4n) is 0.941. The Labute approximate surface area is 92.0 Å². The van der Waals surface area contributed by atoms with E-state index >= 15 is 0 Å². The van der Waals surface area contributed by atoms with Crippen LogP contribution in [0.1, 0.15) is 14.5 Å². The van der Waals surface area contributed by atoms with Crippen LogP contribution in [0.4, 0.5) is 0 Å². The molecule has 1 rings (SSSR count). The number of carbonyl (C=O) groups is 1. The molecule has 78 valence electrons. The van der Waals surface area contributed by atoms with Gasteiger partial charge in [0.1, 0.15) is 0 Å². The lowest BCUT2D eigenvalue weighted by atomic mass is 10.2. The van der Waals surface area contributed by atoms with Crippen molar-refractivity contribution in [3.8, 4) is 0 Å². The van der Waals surface area contributed by atoms with Gasteiger partial charge >= 0.3 is 0 Å². The van der Waals surface area contributed by atoms with Crippen LogP contribution in [-0.4, -0.2) is 11.5 Å². The molecule has 0 spiro atoms. The number of thiophene rings is 1. The SMILES string of the molecule is C=C(/C=C\C=C\NO)c1ccc(C=O)s1. The number of rotatable bonds is 5. The molecular formula is C11H11NO2S. The number of hydrogen-bond donors (Lipinski definition) is 2. The van der Waals surface area contributed by atoms with Crippen molar-refractivity contribution in [3.63, 3.8) is 0 Å². The molecule has 0 aromatic carbocycles. The smallest absolute Gasteiger partial charge is 0.160 e. The molecular weight excluding hydrogens is 210 g/mol. The molecule has 0 aliphatic rings. The predicted molar refractivity (Wildman–Crippen MR) is 61.9 cm³/mol. The molecule has 0 unspecified atom stereocenters. The number of allylic oxidation sites excluding steroid dienone is 4. The van der Waals surface area contributed by atoms with Crippen molar-refractivity contribution in [2.75, 3.05) is 0 Å². The topological polar surface area (TPSA) is 49.3 Å². The highest BCUT2D eigenvalue weighted by Crippen LogP contribution is 2.22. The zero-order valence-corrected chi connectivity index (χ0v) is 8.83. The molecule has 0 fully saturated rings. The average molecular weight is 221 g/mol. The van der Waals surface area contributed by atoms with Crippen LogP contribution in [0, 0.1) is 0 Å². The minimum Gasteiger partial charge on any atom is -0.297 e.